The molecule has 0 radical (unpaired) electrons. The van der Waals surface area contributed by atoms with Crippen molar-refractivity contribution in [3.8, 4) is 23.0 Å². The highest BCUT2D eigenvalue weighted by Gasteiger charge is 2.26. The number of aromatic nitrogens is 4. The normalized spacial score (nSPS) is 21.8. The molecule has 8 bridgehead atoms. The molecule has 2 aromatic heterocycles. The van der Waals surface area contributed by atoms with Gasteiger partial charge in [0.15, 0.2) is 0 Å². The summed E-state index contributed by atoms with van der Waals surface area (Å²) in [7, 11) is -3.68. The molecule has 13 heteroatoms. The Morgan fingerprint density at radius 1 is 0.951 bits per heavy atom. The van der Waals surface area contributed by atoms with Crippen LogP contribution in [-0.4, -0.2) is 84.9 Å². The molecule has 0 spiro atoms. The van der Waals surface area contributed by atoms with Gasteiger partial charge in [-0.3, -0.25) is 4.72 Å². The molecule has 2 N–H and O–H groups in total. The molecule has 6 aliphatic heterocycles. The Hall–Kier alpha value is -3.29. The van der Waals surface area contributed by atoms with Gasteiger partial charge in [0.05, 0.1) is 35.4 Å². The Bertz CT molecular complexity index is 1430. The number of aliphatic hydroxyl groups excluding tert-OH is 1. The number of ether oxygens (including phenoxy) is 1. The van der Waals surface area contributed by atoms with Crippen LogP contribution in [0.15, 0.2) is 34.9 Å². The zero-order chi connectivity index (χ0) is 28.2. The fourth-order valence-electron chi connectivity index (χ4n) is 5.91. The van der Waals surface area contributed by atoms with Gasteiger partial charge in [0.25, 0.3) is 5.89 Å². The van der Waals surface area contributed by atoms with Crippen molar-refractivity contribution in [3.63, 3.8) is 0 Å². The number of aliphatic hydroxyl groups is 1. The first kappa shape index (κ1) is 27.9. The van der Waals surface area contributed by atoms with E-state index in [1.807, 2.05) is 0 Å². The molecule has 0 aliphatic carbocycles. The van der Waals surface area contributed by atoms with Crippen molar-refractivity contribution in [1.29, 1.82) is 0 Å². The van der Waals surface area contributed by atoms with Crippen LogP contribution in [0.4, 0.5) is 17.3 Å². The van der Waals surface area contributed by atoms with E-state index in [-0.39, 0.29) is 11.9 Å². The summed E-state index contributed by atoms with van der Waals surface area (Å²) < 4.78 is 39.7. The van der Waals surface area contributed by atoms with E-state index in [9.17, 15) is 8.42 Å². The molecule has 9 rings (SSSR count). The molecule has 0 saturated carbocycles. The van der Waals surface area contributed by atoms with Crippen LogP contribution in [0.25, 0.3) is 23.0 Å². The summed E-state index contributed by atoms with van der Waals surface area (Å²) in [6.45, 7) is 3.67. The van der Waals surface area contributed by atoms with E-state index in [1.54, 1.807) is 30.5 Å². The van der Waals surface area contributed by atoms with Crippen LogP contribution in [0, 0.1) is 5.92 Å². The zero-order valence-electron chi connectivity index (χ0n) is 23.1. The molecule has 0 amide bonds. The van der Waals surface area contributed by atoms with Gasteiger partial charge in [0, 0.05) is 39.0 Å². The largest absolute Gasteiger partial charge is 0.415 e. The minimum Gasteiger partial charge on any atom is -0.415 e. The molecule has 0 unspecified atom stereocenters. The standard InChI is InChI=1S/C28H37N7O5S/c36-16-18-41(37,38)33-21-4-5-23-25(19-21)34-14-9-22(10-15-34)39-17-2-1-3-20-7-12-35(13-8-20)28-29-11-6-24(30-28)27-32-31-26(23)40-27/h4-6,11,19-20,22,33,36H,1-3,7-10,12-18H2. The summed E-state index contributed by atoms with van der Waals surface area (Å²) >= 11 is 0. The molecule has 1 aromatic carbocycles. The molecular formula is C28H37N7O5S. The second-order valence-electron chi connectivity index (χ2n) is 11.0. The van der Waals surface area contributed by atoms with Gasteiger partial charge >= 0.3 is 0 Å². The van der Waals surface area contributed by atoms with Gasteiger partial charge in [0.1, 0.15) is 5.69 Å². The van der Waals surface area contributed by atoms with Crippen LogP contribution in [0.5, 0.6) is 0 Å². The quantitative estimate of drug-likeness (QED) is 0.466. The number of benzene rings is 1. The third-order valence-corrected chi connectivity index (χ3v) is 9.46. The number of rotatable bonds is 4. The lowest BCUT2D eigenvalue weighted by Crippen LogP contribution is -2.37. The fraction of sp³-hybridized carbons (Fsp3) is 0.571. The minimum atomic E-state index is -3.68. The number of hydrogen-bond donors (Lipinski definition) is 2. The molecule has 0 atom stereocenters. The maximum Gasteiger partial charge on any atom is 0.266 e. The Morgan fingerprint density at radius 2 is 1.73 bits per heavy atom. The van der Waals surface area contributed by atoms with Crippen molar-refractivity contribution in [1.82, 2.24) is 20.2 Å². The van der Waals surface area contributed by atoms with Crippen LogP contribution in [0.3, 0.4) is 0 Å². The van der Waals surface area contributed by atoms with E-state index in [2.05, 4.69) is 29.7 Å². The summed E-state index contributed by atoms with van der Waals surface area (Å²) in [5.74, 6) is 1.64. The third-order valence-electron chi connectivity index (χ3n) is 8.19. The highest BCUT2D eigenvalue weighted by Crippen LogP contribution is 2.36. The fourth-order valence-corrected chi connectivity index (χ4v) is 6.74. The minimum absolute atomic E-state index is 0.207. The summed E-state index contributed by atoms with van der Waals surface area (Å²) in [6.07, 6.45) is 9.42. The lowest BCUT2D eigenvalue weighted by Gasteiger charge is -2.34. The van der Waals surface area contributed by atoms with Gasteiger partial charge in [0.2, 0.25) is 21.9 Å². The topological polar surface area (TPSA) is 147 Å². The van der Waals surface area contributed by atoms with Gasteiger partial charge in [-0.25, -0.2) is 18.4 Å². The Balaban J connectivity index is 1.34. The summed E-state index contributed by atoms with van der Waals surface area (Å²) in [4.78, 5) is 13.7. The lowest BCUT2D eigenvalue weighted by molar-refractivity contribution is 0.0342. The second kappa shape index (κ2) is 12.3. The first-order valence-corrected chi connectivity index (χ1v) is 16.2. The Kier molecular flexibility index (Phi) is 8.35. The van der Waals surface area contributed by atoms with E-state index in [4.69, 9.17) is 19.2 Å². The van der Waals surface area contributed by atoms with Crippen LogP contribution in [-0.2, 0) is 14.8 Å². The maximum atomic E-state index is 12.4. The number of nitrogens with one attached hydrogen (secondary N) is 1. The highest BCUT2D eigenvalue weighted by molar-refractivity contribution is 7.92. The van der Waals surface area contributed by atoms with Gasteiger partial charge < -0.3 is 24.1 Å². The Labute approximate surface area is 240 Å². The van der Waals surface area contributed by atoms with E-state index in [1.165, 1.54) is 12.8 Å². The van der Waals surface area contributed by atoms with Crippen LogP contribution >= 0.6 is 0 Å². The monoisotopic (exact) mass is 583 g/mol. The summed E-state index contributed by atoms with van der Waals surface area (Å²) in [5, 5.41) is 17.8. The number of nitrogens with zero attached hydrogens (tertiary/aromatic N) is 6. The molecule has 220 valence electrons. The number of sulfonamides is 1. The second-order valence-corrected chi connectivity index (χ2v) is 12.9. The highest BCUT2D eigenvalue weighted by atomic mass is 32.2. The van der Waals surface area contributed by atoms with Gasteiger partial charge in [-0.1, -0.05) is 12.8 Å². The van der Waals surface area contributed by atoms with Crippen LogP contribution in [0.1, 0.15) is 44.9 Å². The predicted octanol–water partition coefficient (Wildman–Crippen LogP) is 3.31. The Morgan fingerprint density at radius 3 is 2.54 bits per heavy atom. The molecule has 2 fully saturated rings. The molecule has 8 heterocycles. The predicted molar refractivity (Wildman–Crippen MR) is 155 cm³/mol. The van der Waals surface area contributed by atoms with E-state index < -0.39 is 16.6 Å². The molecule has 12 nitrogen and oxygen atoms in total. The third kappa shape index (κ3) is 6.62. The average molecular weight is 584 g/mol. The summed E-state index contributed by atoms with van der Waals surface area (Å²) in [6, 6.07) is 7.02. The molecule has 41 heavy (non-hydrogen) atoms. The van der Waals surface area contributed by atoms with Crippen molar-refractivity contribution in [3.05, 3.63) is 30.5 Å². The van der Waals surface area contributed by atoms with E-state index in [0.717, 1.165) is 76.5 Å². The molecule has 2 saturated heterocycles. The van der Waals surface area contributed by atoms with Crippen molar-refractivity contribution < 1.29 is 22.7 Å². The summed E-state index contributed by atoms with van der Waals surface area (Å²) in [5.41, 5.74) is 2.47. The van der Waals surface area contributed by atoms with Gasteiger partial charge in [-0.15, -0.1) is 10.2 Å². The maximum absolute atomic E-state index is 12.4. The number of piperidine rings is 2. The van der Waals surface area contributed by atoms with Gasteiger partial charge in [-0.2, -0.15) is 0 Å². The first-order chi connectivity index (χ1) is 20.0. The van der Waals surface area contributed by atoms with Crippen molar-refractivity contribution in [2.75, 3.05) is 59.7 Å². The zero-order valence-corrected chi connectivity index (χ0v) is 23.9. The number of anilines is 3. The van der Waals surface area contributed by atoms with Crippen molar-refractivity contribution >= 4 is 27.3 Å². The molecule has 6 aliphatic rings. The lowest BCUT2D eigenvalue weighted by atomic mass is 9.92. The average Bonchev–Trinajstić information content (AvgIpc) is 3.47. The van der Waals surface area contributed by atoms with Crippen molar-refractivity contribution in [2.45, 2.75) is 51.0 Å². The smallest absolute Gasteiger partial charge is 0.266 e. The van der Waals surface area contributed by atoms with Crippen molar-refractivity contribution in [2.24, 2.45) is 5.92 Å². The molecule has 3 aromatic rings. The van der Waals surface area contributed by atoms with Crippen LogP contribution in [0.2, 0.25) is 0 Å². The van der Waals surface area contributed by atoms with Crippen LogP contribution < -0.4 is 14.5 Å². The SMILES string of the molecule is O=S(=O)(CCO)Nc1ccc2c(c1)N1CCC(CC1)OCCCCC1CCN(CC1)c1nccc(n1)-c1nnc-2o1. The molecular weight excluding hydrogens is 546 g/mol. The van der Waals surface area contributed by atoms with E-state index in [0.29, 0.717) is 34.7 Å². The van der Waals surface area contributed by atoms with Gasteiger partial charge in [-0.05, 0) is 62.3 Å². The number of hydrogen-bond acceptors (Lipinski definition) is 11. The first-order valence-electron chi connectivity index (χ1n) is 14.5. The van der Waals surface area contributed by atoms with E-state index >= 15 is 0 Å².